The highest BCUT2D eigenvalue weighted by atomic mass is 35.5. The van der Waals surface area contributed by atoms with E-state index < -0.39 is 0 Å². The number of rotatable bonds is 3. The van der Waals surface area contributed by atoms with E-state index in [4.69, 9.17) is 11.6 Å². The molecule has 2 heterocycles. The monoisotopic (exact) mass is 390 g/mol. The summed E-state index contributed by atoms with van der Waals surface area (Å²) in [5, 5.41) is 3.69. The molecule has 28 heavy (non-hydrogen) atoms. The average molecular weight is 391 g/mol. The maximum absolute atomic E-state index is 12.9. The molecule has 0 aliphatic carbocycles. The van der Waals surface area contributed by atoms with Crippen LogP contribution in [0.4, 0.5) is 5.82 Å². The van der Waals surface area contributed by atoms with Crippen molar-refractivity contribution in [2.45, 2.75) is 0 Å². The van der Waals surface area contributed by atoms with Crippen LogP contribution in [0.2, 0.25) is 5.02 Å². The lowest BCUT2D eigenvalue weighted by Crippen LogP contribution is -2.22. The largest absolute Gasteiger partial charge is 0.306 e. The quantitative estimate of drug-likeness (QED) is 0.575. The topological polar surface area (TPSA) is 76.9 Å². The van der Waals surface area contributed by atoms with E-state index in [1.165, 1.54) is 4.57 Å². The van der Waals surface area contributed by atoms with Crippen LogP contribution in [-0.2, 0) is 7.05 Å². The van der Waals surface area contributed by atoms with Crippen LogP contribution in [0.25, 0.3) is 22.3 Å². The minimum Gasteiger partial charge on any atom is -0.306 e. The van der Waals surface area contributed by atoms with Gasteiger partial charge in [-0.05, 0) is 48.5 Å². The predicted octanol–water partition coefficient (Wildman–Crippen LogP) is 3.90. The highest BCUT2D eigenvalue weighted by Gasteiger charge is 2.17. The van der Waals surface area contributed by atoms with E-state index in [1.807, 2.05) is 0 Å². The van der Waals surface area contributed by atoms with Crippen molar-refractivity contribution < 1.29 is 4.79 Å². The number of fused-ring (bicyclic) bond motifs is 1. The molecule has 7 heteroatoms. The van der Waals surface area contributed by atoms with Crippen molar-refractivity contribution in [3.05, 3.63) is 87.8 Å². The van der Waals surface area contributed by atoms with Gasteiger partial charge < -0.3 is 5.32 Å². The first-order valence-electron chi connectivity index (χ1n) is 8.52. The molecule has 1 N–H and O–H groups in total. The van der Waals surface area contributed by atoms with Gasteiger partial charge in [0.05, 0.1) is 16.5 Å². The van der Waals surface area contributed by atoms with Crippen LogP contribution < -0.4 is 10.9 Å². The molecule has 0 radical (unpaired) electrons. The fraction of sp³-hybridized carbons (Fsp3) is 0.0476. The molecule has 1 amide bonds. The van der Waals surface area contributed by atoms with Crippen molar-refractivity contribution >= 4 is 34.2 Å². The minimum atomic E-state index is -0.382. The summed E-state index contributed by atoms with van der Waals surface area (Å²) in [4.78, 5) is 34.4. The zero-order chi connectivity index (χ0) is 19.7. The van der Waals surface area contributed by atoms with E-state index >= 15 is 0 Å². The Kier molecular flexibility index (Phi) is 4.63. The molecule has 0 atom stereocenters. The average Bonchev–Trinajstić information content (AvgIpc) is 2.71. The number of anilines is 1. The molecule has 4 aromatic rings. The van der Waals surface area contributed by atoms with Gasteiger partial charge >= 0.3 is 0 Å². The van der Waals surface area contributed by atoms with Crippen molar-refractivity contribution in [2.75, 3.05) is 5.32 Å². The van der Waals surface area contributed by atoms with Gasteiger partial charge in [0.25, 0.3) is 11.5 Å². The summed E-state index contributed by atoms with van der Waals surface area (Å²) in [7, 11) is 1.65. The number of pyridine rings is 1. The van der Waals surface area contributed by atoms with Crippen molar-refractivity contribution in [3.8, 4) is 11.4 Å². The van der Waals surface area contributed by atoms with Crippen LogP contribution in [0.3, 0.4) is 0 Å². The zero-order valence-corrected chi connectivity index (χ0v) is 15.6. The molecule has 0 fully saturated rings. The Morgan fingerprint density at radius 2 is 1.82 bits per heavy atom. The van der Waals surface area contributed by atoms with Gasteiger partial charge in [-0.1, -0.05) is 23.7 Å². The van der Waals surface area contributed by atoms with Gasteiger partial charge in [0, 0.05) is 23.8 Å². The molecule has 2 aromatic carbocycles. The Bertz CT molecular complexity index is 1240. The number of carbonyl (C=O) groups excluding carboxylic acids is 1. The fourth-order valence-corrected chi connectivity index (χ4v) is 3.08. The third-order valence-corrected chi connectivity index (χ3v) is 4.61. The summed E-state index contributed by atoms with van der Waals surface area (Å²) in [6, 6.07) is 17.2. The zero-order valence-electron chi connectivity index (χ0n) is 14.9. The van der Waals surface area contributed by atoms with Crippen molar-refractivity contribution in [2.24, 2.45) is 7.05 Å². The molecular weight excluding hydrogens is 376 g/mol. The van der Waals surface area contributed by atoms with Gasteiger partial charge in [-0.3, -0.25) is 14.2 Å². The van der Waals surface area contributed by atoms with E-state index in [2.05, 4.69) is 15.3 Å². The summed E-state index contributed by atoms with van der Waals surface area (Å²) in [6.07, 6.45) is 1.59. The molecule has 0 aliphatic heterocycles. The molecule has 6 nitrogen and oxygen atoms in total. The molecule has 0 bridgehead atoms. The second-order valence-corrected chi connectivity index (χ2v) is 6.61. The van der Waals surface area contributed by atoms with Gasteiger partial charge in [0.1, 0.15) is 11.6 Å². The van der Waals surface area contributed by atoms with E-state index in [1.54, 1.807) is 73.9 Å². The standard InChI is InChI=1S/C21H15ClN4O2/c1-26-19(13-8-10-14(22)11-9-13)25-18-15(5-4-6-16(18)21(26)28)20(27)24-17-7-2-3-12-23-17/h2-12H,1H3,(H,23,24,27). The summed E-state index contributed by atoms with van der Waals surface area (Å²) in [6.45, 7) is 0. The van der Waals surface area contributed by atoms with Crippen LogP contribution in [0.1, 0.15) is 10.4 Å². The van der Waals surface area contributed by atoms with Crippen LogP contribution in [0.5, 0.6) is 0 Å². The highest BCUT2D eigenvalue weighted by molar-refractivity contribution is 6.30. The number of benzene rings is 2. The summed E-state index contributed by atoms with van der Waals surface area (Å²) >= 11 is 5.96. The maximum atomic E-state index is 12.9. The molecule has 0 spiro atoms. The lowest BCUT2D eigenvalue weighted by Gasteiger charge is -2.12. The Hall–Kier alpha value is -3.51. The Labute approximate surface area is 165 Å². The third-order valence-electron chi connectivity index (χ3n) is 4.36. The van der Waals surface area contributed by atoms with Crippen LogP contribution in [-0.4, -0.2) is 20.4 Å². The van der Waals surface area contributed by atoms with Gasteiger partial charge in [0.2, 0.25) is 0 Å². The second-order valence-electron chi connectivity index (χ2n) is 6.18. The first-order valence-corrected chi connectivity index (χ1v) is 8.90. The van der Waals surface area contributed by atoms with E-state index in [0.717, 1.165) is 5.56 Å². The van der Waals surface area contributed by atoms with Crippen molar-refractivity contribution in [3.63, 3.8) is 0 Å². The molecular formula is C21H15ClN4O2. The van der Waals surface area contributed by atoms with Gasteiger partial charge in [-0.2, -0.15) is 0 Å². The van der Waals surface area contributed by atoms with E-state index in [-0.39, 0.29) is 11.5 Å². The SMILES string of the molecule is Cn1c(-c2ccc(Cl)cc2)nc2c(C(=O)Nc3ccccn3)cccc2c1=O. The maximum Gasteiger partial charge on any atom is 0.261 e. The van der Waals surface area contributed by atoms with Crippen molar-refractivity contribution in [1.82, 2.24) is 14.5 Å². The van der Waals surface area contributed by atoms with Crippen LogP contribution in [0, 0.1) is 0 Å². The highest BCUT2D eigenvalue weighted by Crippen LogP contribution is 2.22. The summed E-state index contributed by atoms with van der Waals surface area (Å²) in [5.41, 5.74) is 1.13. The number of halogens is 1. The lowest BCUT2D eigenvalue weighted by molar-refractivity contribution is 0.102. The summed E-state index contributed by atoms with van der Waals surface area (Å²) in [5.74, 6) is 0.491. The van der Waals surface area contributed by atoms with E-state index in [9.17, 15) is 9.59 Å². The number of aromatic nitrogens is 3. The number of para-hydroxylation sites is 1. The molecule has 0 saturated heterocycles. The molecule has 2 aromatic heterocycles. The van der Waals surface area contributed by atoms with Crippen molar-refractivity contribution in [1.29, 1.82) is 0 Å². The number of hydrogen-bond acceptors (Lipinski definition) is 4. The van der Waals surface area contributed by atoms with Crippen LogP contribution in [0.15, 0.2) is 71.7 Å². The number of nitrogens with zero attached hydrogens (tertiary/aromatic N) is 3. The molecule has 0 unspecified atom stereocenters. The first kappa shape index (κ1) is 17.9. The van der Waals surface area contributed by atoms with Crippen LogP contribution >= 0.6 is 11.6 Å². The Morgan fingerprint density at radius 3 is 2.54 bits per heavy atom. The number of nitrogens with one attached hydrogen (secondary N) is 1. The fourth-order valence-electron chi connectivity index (χ4n) is 2.96. The normalized spacial score (nSPS) is 10.8. The third kappa shape index (κ3) is 3.25. The minimum absolute atomic E-state index is 0.234. The van der Waals surface area contributed by atoms with Gasteiger partial charge in [0.15, 0.2) is 0 Å². The predicted molar refractivity (Wildman–Crippen MR) is 110 cm³/mol. The number of carbonyl (C=O) groups is 1. The number of amides is 1. The second kappa shape index (κ2) is 7.25. The number of hydrogen-bond donors (Lipinski definition) is 1. The van der Waals surface area contributed by atoms with E-state index in [0.29, 0.717) is 33.1 Å². The molecule has 138 valence electrons. The smallest absolute Gasteiger partial charge is 0.261 e. The lowest BCUT2D eigenvalue weighted by atomic mass is 10.1. The molecule has 4 rings (SSSR count). The Balaban J connectivity index is 1.87. The molecule has 0 saturated carbocycles. The Morgan fingerprint density at radius 1 is 1.04 bits per heavy atom. The molecule has 0 aliphatic rings. The van der Waals surface area contributed by atoms with Gasteiger partial charge in [-0.15, -0.1) is 0 Å². The van der Waals surface area contributed by atoms with Gasteiger partial charge in [-0.25, -0.2) is 9.97 Å². The summed E-state index contributed by atoms with van der Waals surface area (Å²) < 4.78 is 1.46. The first-order chi connectivity index (χ1) is 13.5.